The van der Waals surface area contributed by atoms with E-state index in [0.29, 0.717) is 5.56 Å². The molecule has 0 aliphatic rings. The van der Waals surface area contributed by atoms with Gasteiger partial charge in [-0.05, 0) is 12.1 Å². The van der Waals surface area contributed by atoms with Crippen LogP contribution in [-0.4, -0.2) is 11.1 Å². The predicted octanol–water partition coefficient (Wildman–Crippen LogP) is 2.71. The fraction of sp³-hybridized carbons (Fsp3) is 0.0769. The Morgan fingerprint density at radius 2 is 2.15 bits per heavy atom. The number of ether oxygens (including phenoxy) is 1. The van der Waals surface area contributed by atoms with Gasteiger partial charge in [-0.3, -0.25) is 4.79 Å². The summed E-state index contributed by atoms with van der Waals surface area (Å²) in [4.78, 5) is 22.2. The van der Waals surface area contributed by atoms with Gasteiger partial charge in [-0.25, -0.2) is 9.18 Å². The van der Waals surface area contributed by atoms with Crippen LogP contribution in [0.25, 0.3) is 0 Å². The number of aromatic carboxylic acids is 1. The average molecular weight is 299 g/mol. The van der Waals surface area contributed by atoms with Crippen molar-refractivity contribution in [2.45, 2.75) is 6.61 Å². The van der Waals surface area contributed by atoms with Gasteiger partial charge in [-0.2, -0.15) is 0 Å². The monoisotopic (exact) mass is 298 g/mol. The van der Waals surface area contributed by atoms with Gasteiger partial charge < -0.3 is 14.3 Å². The lowest BCUT2D eigenvalue weighted by atomic mass is 10.2. The van der Waals surface area contributed by atoms with Crippen molar-refractivity contribution < 1.29 is 23.4 Å². The van der Waals surface area contributed by atoms with E-state index in [4.69, 9.17) is 25.9 Å². The summed E-state index contributed by atoms with van der Waals surface area (Å²) in [5.41, 5.74) is -0.151. The molecule has 0 saturated heterocycles. The van der Waals surface area contributed by atoms with E-state index in [-0.39, 0.29) is 17.4 Å². The molecule has 0 saturated carbocycles. The van der Waals surface area contributed by atoms with Crippen molar-refractivity contribution in [1.82, 2.24) is 0 Å². The van der Waals surface area contributed by atoms with Gasteiger partial charge in [0, 0.05) is 11.6 Å². The van der Waals surface area contributed by atoms with Crippen molar-refractivity contribution in [3.63, 3.8) is 0 Å². The Morgan fingerprint density at radius 1 is 1.40 bits per heavy atom. The number of rotatable bonds is 4. The third-order valence-corrected chi connectivity index (χ3v) is 2.76. The topological polar surface area (TPSA) is 76.7 Å². The van der Waals surface area contributed by atoms with E-state index in [2.05, 4.69) is 0 Å². The van der Waals surface area contributed by atoms with Gasteiger partial charge in [-0.1, -0.05) is 17.7 Å². The largest absolute Gasteiger partial charge is 0.482 e. The average Bonchev–Trinajstić information content (AvgIpc) is 2.38. The standard InChI is InChI=1S/C13H8ClFO5/c14-9-3-8(15)2-1-7(9)5-19-12-6-20-11(13(17)18)4-10(12)16/h1-4,6H,5H2,(H,17,18). The van der Waals surface area contributed by atoms with E-state index in [1.807, 2.05) is 0 Å². The normalized spacial score (nSPS) is 10.3. The molecule has 0 amide bonds. The number of carboxylic acid groups (broad SMARTS) is 1. The van der Waals surface area contributed by atoms with Crippen molar-refractivity contribution in [1.29, 1.82) is 0 Å². The molecule has 0 atom stereocenters. The maximum Gasteiger partial charge on any atom is 0.371 e. The molecule has 2 aromatic rings. The van der Waals surface area contributed by atoms with Crippen molar-refractivity contribution >= 4 is 17.6 Å². The van der Waals surface area contributed by atoms with E-state index in [0.717, 1.165) is 18.4 Å². The molecule has 20 heavy (non-hydrogen) atoms. The van der Waals surface area contributed by atoms with E-state index >= 15 is 0 Å². The minimum atomic E-state index is -1.35. The van der Waals surface area contributed by atoms with Gasteiger partial charge in [0.1, 0.15) is 18.7 Å². The summed E-state index contributed by atoms with van der Waals surface area (Å²) in [7, 11) is 0. The van der Waals surface area contributed by atoms with Crippen LogP contribution < -0.4 is 10.2 Å². The lowest BCUT2D eigenvalue weighted by molar-refractivity contribution is 0.0658. The Bertz CT molecular complexity index is 710. The molecular formula is C13H8ClFO5. The lowest BCUT2D eigenvalue weighted by Crippen LogP contribution is -2.10. The highest BCUT2D eigenvalue weighted by atomic mass is 35.5. The Balaban J connectivity index is 2.15. The first-order valence-electron chi connectivity index (χ1n) is 5.40. The number of hydrogen-bond acceptors (Lipinski definition) is 4. The lowest BCUT2D eigenvalue weighted by Gasteiger charge is -2.06. The summed E-state index contributed by atoms with van der Waals surface area (Å²) in [5, 5.41) is 8.81. The van der Waals surface area contributed by atoms with Crippen molar-refractivity contribution in [3.8, 4) is 5.75 Å². The third kappa shape index (κ3) is 3.16. The van der Waals surface area contributed by atoms with Crippen LogP contribution in [0.1, 0.15) is 16.1 Å². The number of halogens is 2. The predicted molar refractivity (Wildman–Crippen MR) is 67.7 cm³/mol. The highest BCUT2D eigenvalue weighted by Crippen LogP contribution is 2.19. The van der Waals surface area contributed by atoms with E-state index < -0.39 is 23.0 Å². The molecule has 0 aliphatic heterocycles. The molecule has 0 bridgehead atoms. The Kier molecular flexibility index (Phi) is 4.05. The fourth-order valence-corrected chi connectivity index (χ4v) is 1.63. The highest BCUT2D eigenvalue weighted by Gasteiger charge is 2.11. The molecular weight excluding hydrogens is 291 g/mol. The van der Waals surface area contributed by atoms with Gasteiger partial charge in [0.25, 0.3) is 0 Å². The van der Waals surface area contributed by atoms with E-state index in [1.165, 1.54) is 12.1 Å². The van der Waals surface area contributed by atoms with Crippen LogP contribution >= 0.6 is 11.6 Å². The molecule has 0 radical (unpaired) electrons. The zero-order valence-electron chi connectivity index (χ0n) is 9.93. The zero-order chi connectivity index (χ0) is 14.7. The molecule has 2 rings (SSSR count). The van der Waals surface area contributed by atoms with Crippen LogP contribution in [0, 0.1) is 5.82 Å². The van der Waals surface area contributed by atoms with E-state index in [1.54, 1.807) is 0 Å². The van der Waals surface area contributed by atoms with Crippen LogP contribution in [0.2, 0.25) is 5.02 Å². The summed E-state index contributed by atoms with van der Waals surface area (Å²) in [6, 6.07) is 4.56. The molecule has 5 nitrogen and oxygen atoms in total. The number of hydrogen-bond donors (Lipinski definition) is 1. The maximum absolute atomic E-state index is 12.8. The number of carboxylic acids is 1. The maximum atomic E-state index is 12.8. The third-order valence-electron chi connectivity index (χ3n) is 2.41. The first-order chi connectivity index (χ1) is 9.47. The summed E-state index contributed by atoms with van der Waals surface area (Å²) in [6.07, 6.45) is 0.906. The van der Waals surface area contributed by atoms with Crippen LogP contribution in [0.3, 0.4) is 0 Å². The molecule has 0 unspecified atom stereocenters. The second-order valence-electron chi connectivity index (χ2n) is 3.80. The summed E-state index contributed by atoms with van der Waals surface area (Å²) < 4.78 is 22.7. The van der Waals surface area contributed by atoms with Gasteiger partial charge in [-0.15, -0.1) is 0 Å². The smallest absolute Gasteiger partial charge is 0.371 e. The zero-order valence-corrected chi connectivity index (χ0v) is 10.7. The van der Waals surface area contributed by atoms with Gasteiger partial charge in [0.15, 0.2) is 0 Å². The van der Waals surface area contributed by atoms with Gasteiger partial charge in [0.05, 0.1) is 5.02 Å². The molecule has 0 aliphatic carbocycles. The molecule has 1 aromatic heterocycles. The highest BCUT2D eigenvalue weighted by molar-refractivity contribution is 6.31. The first kappa shape index (κ1) is 14.1. The quantitative estimate of drug-likeness (QED) is 0.939. The first-order valence-corrected chi connectivity index (χ1v) is 5.78. The van der Waals surface area contributed by atoms with Crippen molar-refractivity contribution in [2.24, 2.45) is 0 Å². The molecule has 1 aromatic carbocycles. The second-order valence-corrected chi connectivity index (χ2v) is 4.21. The number of benzene rings is 1. The molecule has 1 heterocycles. The Labute approximate surface area is 117 Å². The molecule has 7 heteroatoms. The minimum absolute atomic E-state index is 0.0731. The Morgan fingerprint density at radius 3 is 2.75 bits per heavy atom. The van der Waals surface area contributed by atoms with Crippen molar-refractivity contribution in [2.75, 3.05) is 0 Å². The summed E-state index contributed by atoms with van der Waals surface area (Å²) in [6.45, 7) is -0.0731. The second kappa shape index (κ2) is 5.75. The number of carbonyl (C=O) groups is 1. The minimum Gasteiger partial charge on any atom is -0.482 e. The van der Waals surface area contributed by atoms with Crippen LogP contribution in [0.15, 0.2) is 39.7 Å². The molecule has 0 fully saturated rings. The van der Waals surface area contributed by atoms with Crippen molar-refractivity contribution in [3.05, 3.63) is 62.9 Å². The molecule has 1 N–H and O–H groups in total. The van der Waals surface area contributed by atoms with Crippen LogP contribution in [0.4, 0.5) is 4.39 Å². The van der Waals surface area contributed by atoms with Crippen LogP contribution in [-0.2, 0) is 6.61 Å². The Hall–Kier alpha value is -2.34. The molecule has 0 spiro atoms. The molecule has 104 valence electrons. The summed E-state index contributed by atoms with van der Waals surface area (Å²) >= 11 is 5.80. The van der Waals surface area contributed by atoms with Crippen LogP contribution in [0.5, 0.6) is 5.75 Å². The van der Waals surface area contributed by atoms with Gasteiger partial charge in [0.2, 0.25) is 16.9 Å². The fourth-order valence-electron chi connectivity index (χ4n) is 1.41. The summed E-state index contributed by atoms with van der Waals surface area (Å²) in [5.74, 6) is -2.48. The van der Waals surface area contributed by atoms with E-state index in [9.17, 15) is 14.0 Å². The van der Waals surface area contributed by atoms with Gasteiger partial charge >= 0.3 is 5.97 Å². The SMILES string of the molecule is O=C(O)c1cc(=O)c(OCc2ccc(F)cc2Cl)co1.